The summed E-state index contributed by atoms with van der Waals surface area (Å²) in [5.74, 6) is 0.555. The van der Waals surface area contributed by atoms with E-state index in [1.165, 1.54) is 0 Å². The van der Waals surface area contributed by atoms with E-state index >= 15 is 0 Å². The molecule has 2 aromatic carbocycles. The molecule has 0 N–H and O–H groups in total. The molecule has 0 fully saturated rings. The number of rotatable bonds is 3. The van der Waals surface area contributed by atoms with Crippen molar-refractivity contribution in [2.75, 3.05) is 6.54 Å². The van der Waals surface area contributed by atoms with Gasteiger partial charge in [0.1, 0.15) is 5.75 Å². The van der Waals surface area contributed by atoms with Crippen molar-refractivity contribution in [2.24, 2.45) is 0 Å². The fraction of sp³-hybridized carbons (Fsp3) is 0.150. The summed E-state index contributed by atoms with van der Waals surface area (Å²) in [6.45, 7) is 4.32. The third-order valence-corrected chi connectivity index (χ3v) is 3.96. The summed E-state index contributed by atoms with van der Waals surface area (Å²) in [6.07, 6.45) is 4.36. The first-order valence-corrected chi connectivity index (χ1v) is 7.68. The average Bonchev–Trinajstić information content (AvgIpc) is 2.62. The van der Waals surface area contributed by atoms with Gasteiger partial charge in [-0.1, -0.05) is 67.3 Å². The van der Waals surface area contributed by atoms with Gasteiger partial charge in [-0.15, -0.1) is 0 Å². The van der Waals surface area contributed by atoms with Crippen molar-refractivity contribution in [3.63, 3.8) is 0 Å². The Morgan fingerprint density at radius 3 is 2.39 bits per heavy atom. The summed E-state index contributed by atoms with van der Waals surface area (Å²) in [4.78, 5) is 14.4. The van der Waals surface area contributed by atoms with Crippen molar-refractivity contribution in [3.8, 4) is 5.75 Å². The van der Waals surface area contributed by atoms with Gasteiger partial charge in [-0.05, 0) is 29.7 Å². The monoisotopic (exact) mass is 305 g/mol. The molecule has 1 amide bonds. The van der Waals surface area contributed by atoms with E-state index in [0.29, 0.717) is 12.3 Å². The van der Waals surface area contributed by atoms with Crippen LogP contribution in [0.15, 0.2) is 85.0 Å². The molecule has 3 heteroatoms. The van der Waals surface area contributed by atoms with E-state index in [9.17, 15) is 4.79 Å². The zero-order valence-electron chi connectivity index (χ0n) is 12.9. The van der Waals surface area contributed by atoms with Crippen LogP contribution in [-0.2, 0) is 0 Å². The molecule has 23 heavy (non-hydrogen) atoms. The van der Waals surface area contributed by atoms with Gasteiger partial charge in [0, 0.05) is 6.54 Å². The van der Waals surface area contributed by atoms with Crippen molar-refractivity contribution in [2.45, 2.75) is 12.5 Å². The number of hydrogen-bond acceptors (Lipinski definition) is 2. The van der Waals surface area contributed by atoms with E-state index < -0.39 is 0 Å². The molecule has 1 aliphatic heterocycles. The van der Waals surface area contributed by atoms with Crippen LogP contribution in [0.4, 0.5) is 4.79 Å². The zero-order valence-corrected chi connectivity index (χ0v) is 12.9. The summed E-state index contributed by atoms with van der Waals surface area (Å²) in [5.41, 5.74) is 2.15. The van der Waals surface area contributed by atoms with E-state index in [1.54, 1.807) is 23.1 Å². The maximum absolute atomic E-state index is 12.7. The van der Waals surface area contributed by atoms with Crippen molar-refractivity contribution >= 4 is 6.09 Å². The lowest BCUT2D eigenvalue weighted by Crippen LogP contribution is -2.40. The fourth-order valence-corrected chi connectivity index (χ4v) is 2.74. The SMILES string of the molecule is C=CC1=CCC(c2ccccc2)N(C(=O)Oc2ccccc2)C1. The topological polar surface area (TPSA) is 29.5 Å². The van der Waals surface area contributed by atoms with Crippen LogP contribution >= 0.6 is 0 Å². The summed E-state index contributed by atoms with van der Waals surface area (Å²) in [6, 6.07) is 19.2. The van der Waals surface area contributed by atoms with Gasteiger partial charge >= 0.3 is 6.09 Å². The molecule has 0 saturated carbocycles. The van der Waals surface area contributed by atoms with Gasteiger partial charge in [0.15, 0.2) is 0 Å². The maximum atomic E-state index is 12.7. The lowest BCUT2D eigenvalue weighted by molar-refractivity contribution is 0.134. The molecule has 0 radical (unpaired) electrons. The Morgan fingerprint density at radius 1 is 1.09 bits per heavy atom. The highest BCUT2D eigenvalue weighted by molar-refractivity contribution is 5.72. The number of amides is 1. The summed E-state index contributed by atoms with van der Waals surface area (Å²) >= 11 is 0. The molecule has 1 aliphatic rings. The second kappa shape index (κ2) is 6.97. The van der Waals surface area contributed by atoms with Crippen LogP contribution in [0.1, 0.15) is 18.0 Å². The predicted molar refractivity (Wildman–Crippen MR) is 91.3 cm³/mol. The third-order valence-electron chi connectivity index (χ3n) is 3.96. The first kappa shape index (κ1) is 15.1. The van der Waals surface area contributed by atoms with Crippen molar-refractivity contribution < 1.29 is 9.53 Å². The van der Waals surface area contributed by atoms with Crippen LogP contribution < -0.4 is 4.74 Å². The number of nitrogens with zero attached hydrogens (tertiary/aromatic N) is 1. The van der Waals surface area contributed by atoms with Crippen LogP contribution in [0, 0.1) is 0 Å². The zero-order chi connectivity index (χ0) is 16.1. The Labute approximate surface area is 136 Å². The molecule has 0 spiro atoms. The number of carbonyl (C=O) groups excluding carboxylic acids is 1. The number of para-hydroxylation sites is 1. The van der Waals surface area contributed by atoms with E-state index in [-0.39, 0.29) is 12.1 Å². The molecular formula is C20H19NO2. The average molecular weight is 305 g/mol. The van der Waals surface area contributed by atoms with Crippen LogP contribution in [0.3, 0.4) is 0 Å². The molecule has 2 aromatic rings. The fourth-order valence-electron chi connectivity index (χ4n) is 2.74. The van der Waals surface area contributed by atoms with Gasteiger partial charge in [0.05, 0.1) is 6.04 Å². The van der Waals surface area contributed by atoms with Crippen LogP contribution in [0.5, 0.6) is 5.75 Å². The molecule has 0 aromatic heterocycles. The Hall–Kier alpha value is -2.81. The van der Waals surface area contributed by atoms with Crippen LogP contribution in [-0.4, -0.2) is 17.5 Å². The van der Waals surface area contributed by atoms with Crippen LogP contribution in [0.25, 0.3) is 0 Å². The summed E-state index contributed by atoms with van der Waals surface area (Å²) in [7, 11) is 0. The standard InChI is InChI=1S/C20H19NO2/c1-2-16-13-14-19(17-9-5-3-6-10-17)21(15-16)20(22)23-18-11-7-4-8-12-18/h2-13,19H,1,14-15H2. The number of ether oxygens (including phenoxy) is 1. The Morgan fingerprint density at radius 2 is 1.74 bits per heavy atom. The van der Waals surface area contributed by atoms with Gasteiger partial charge in [0.25, 0.3) is 0 Å². The molecule has 1 unspecified atom stereocenters. The minimum absolute atomic E-state index is 0.0175. The van der Waals surface area contributed by atoms with E-state index in [4.69, 9.17) is 4.74 Å². The van der Waals surface area contributed by atoms with Crippen molar-refractivity contribution in [1.29, 1.82) is 0 Å². The lowest BCUT2D eigenvalue weighted by Gasteiger charge is -2.34. The largest absolute Gasteiger partial charge is 0.416 e. The molecule has 0 bridgehead atoms. The van der Waals surface area contributed by atoms with Crippen LogP contribution in [0.2, 0.25) is 0 Å². The molecule has 0 saturated heterocycles. The molecule has 116 valence electrons. The van der Waals surface area contributed by atoms with Gasteiger partial charge in [0.2, 0.25) is 0 Å². The Balaban J connectivity index is 1.84. The highest BCUT2D eigenvalue weighted by Gasteiger charge is 2.29. The molecule has 1 heterocycles. The van der Waals surface area contributed by atoms with Crippen molar-refractivity contribution in [1.82, 2.24) is 4.90 Å². The molecule has 3 nitrogen and oxygen atoms in total. The van der Waals surface area contributed by atoms with E-state index in [2.05, 4.69) is 12.7 Å². The highest BCUT2D eigenvalue weighted by atomic mass is 16.6. The minimum atomic E-state index is -0.336. The minimum Gasteiger partial charge on any atom is -0.410 e. The van der Waals surface area contributed by atoms with E-state index in [0.717, 1.165) is 17.6 Å². The Kier molecular flexibility index (Phi) is 4.57. The summed E-state index contributed by atoms with van der Waals surface area (Å²) < 4.78 is 5.52. The maximum Gasteiger partial charge on any atom is 0.416 e. The molecule has 0 aliphatic carbocycles. The normalized spacial score (nSPS) is 17.3. The highest BCUT2D eigenvalue weighted by Crippen LogP contribution is 2.31. The number of carbonyl (C=O) groups is 1. The molecule has 1 atom stereocenters. The number of benzene rings is 2. The Bertz CT molecular complexity index is 707. The lowest BCUT2D eigenvalue weighted by atomic mass is 9.96. The number of hydrogen-bond donors (Lipinski definition) is 0. The quantitative estimate of drug-likeness (QED) is 0.819. The molecular weight excluding hydrogens is 286 g/mol. The van der Waals surface area contributed by atoms with Gasteiger partial charge in [-0.2, -0.15) is 0 Å². The van der Waals surface area contributed by atoms with Gasteiger partial charge in [-0.25, -0.2) is 4.79 Å². The predicted octanol–water partition coefficient (Wildman–Crippen LogP) is 4.74. The first-order valence-electron chi connectivity index (χ1n) is 7.68. The van der Waals surface area contributed by atoms with Gasteiger partial charge in [-0.3, -0.25) is 4.90 Å². The second-order valence-electron chi connectivity index (χ2n) is 5.45. The summed E-state index contributed by atoms with van der Waals surface area (Å²) in [5, 5.41) is 0. The second-order valence-corrected chi connectivity index (χ2v) is 5.45. The van der Waals surface area contributed by atoms with Crippen molar-refractivity contribution in [3.05, 3.63) is 90.5 Å². The first-order chi connectivity index (χ1) is 11.3. The molecule has 3 rings (SSSR count). The van der Waals surface area contributed by atoms with E-state index in [1.807, 2.05) is 48.5 Å². The smallest absolute Gasteiger partial charge is 0.410 e. The van der Waals surface area contributed by atoms with Gasteiger partial charge < -0.3 is 4.74 Å². The third kappa shape index (κ3) is 3.51.